The zero-order valence-corrected chi connectivity index (χ0v) is 17.9. The van der Waals surface area contributed by atoms with Gasteiger partial charge in [-0.15, -0.1) is 11.3 Å². The fourth-order valence-electron chi connectivity index (χ4n) is 2.68. The number of sulfonamides is 1. The minimum atomic E-state index is -3.83. The van der Waals surface area contributed by atoms with Crippen molar-refractivity contribution in [2.24, 2.45) is 5.10 Å². The Morgan fingerprint density at radius 3 is 2.52 bits per heavy atom. The highest BCUT2D eigenvalue weighted by Gasteiger charge is 2.17. The van der Waals surface area contributed by atoms with Gasteiger partial charge in [-0.1, -0.05) is 23.8 Å². The average Bonchev–Trinajstić information content (AvgIpc) is 3.09. The van der Waals surface area contributed by atoms with Crippen LogP contribution in [-0.4, -0.2) is 20.5 Å². The maximum absolute atomic E-state index is 12.7. The Kier molecular flexibility index (Phi) is 6.14. The van der Waals surface area contributed by atoms with Gasteiger partial charge in [0.25, 0.3) is 15.9 Å². The van der Waals surface area contributed by atoms with Gasteiger partial charge in [0.1, 0.15) is 0 Å². The lowest BCUT2D eigenvalue weighted by molar-refractivity contribution is 0.0955. The highest BCUT2D eigenvalue weighted by molar-refractivity contribution is 7.92. The van der Waals surface area contributed by atoms with Crippen molar-refractivity contribution in [1.82, 2.24) is 5.43 Å². The normalized spacial score (nSPS) is 11.6. The lowest BCUT2D eigenvalue weighted by Crippen LogP contribution is -2.19. The molecular formula is C21H21N3O3S2. The molecule has 0 radical (unpaired) electrons. The van der Waals surface area contributed by atoms with E-state index in [-0.39, 0.29) is 10.5 Å². The molecule has 0 unspecified atom stereocenters. The molecule has 1 amide bonds. The van der Waals surface area contributed by atoms with Gasteiger partial charge >= 0.3 is 0 Å². The second-order valence-electron chi connectivity index (χ2n) is 6.60. The van der Waals surface area contributed by atoms with E-state index in [1.54, 1.807) is 23.6 Å². The van der Waals surface area contributed by atoms with E-state index in [9.17, 15) is 13.2 Å². The monoisotopic (exact) mass is 427 g/mol. The first kappa shape index (κ1) is 20.8. The van der Waals surface area contributed by atoms with Gasteiger partial charge in [-0.25, -0.2) is 13.8 Å². The quantitative estimate of drug-likeness (QED) is 0.456. The summed E-state index contributed by atoms with van der Waals surface area (Å²) >= 11 is 1.56. The van der Waals surface area contributed by atoms with Crippen LogP contribution < -0.4 is 10.1 Å². The molecule has 1 heterocycles. The van der Waals surface area contributed by atoms with Gasteiger partial charge < -0.3 is 0 Å². The van der Waals surface area contributed by atoms with Crippen LogP contribution in [0, 0.1) is 20.8 Å². The van der Waals surface area contributed by atoms with Crippen molar-refractivity contribution in [2.45, 2.75) is 25.7 Å². The fourth-order valence-corrected chi connectivity index (χ4v) is 4.60. The molecular weight excluding hydrogens is 406 g/mol. The molecule has 0 bridgehead atoms. The Balaban J connectivity index is 1.75. The highest BCUT2D eigenvalue weighted by atomic mass is 32.2. The number of carbonyl (C=O) groups is 1. The molecule has 2 aromatic carbocycles. The smallest absolute Gasteiger partial charge is 0.271 e. The van der Waals surface area contributed by atoms with Gasteiger partial charge in [0.2, 0.25) is 0 Å². The average molecular weight is 428 g/mol. The van der Waals surface area contributed by atoms with Gasteiger partial charge in [-0.3, -0.25) is 9.52 Å². The third-order valence-electron chi connectivity index (χ3n) is 4.15. The van der Waals surface area contributed by atoms with E-state index >= 15 is 0 Å². The SMILES string of the molecule is Cc1ccc(NS(=O)(=O)c2cccc(C(=O)N/N=C/c3ccc(C)s3)c2)c(C)c1. The largest absolute Gasteiger partial charge is 0.279 e. The number of aryl methyl sites for hydroxylation is 3. The number of hydrogen-bond acceptors (Lipinski definition) is 5. The molecule has 3 aromatic rings. The van der Waals surface area contributed by atoms with Crippen LogP contribution in [0.2, 0.25) is 0 Å². The van der Waals surface area contributed by atoms with E-state index in [2.05, 4.69) is 15.2 Å². The van der Waals surface area contributed by atoms with Crippen molar-refractivity contribution in [3.05, 3.63) is 81.0 Å². The molecule has 1 aromatic heterocycles. The van der Waals surface area contributed by atoms with Gasteiger partial charge in [-0.05, 0) is 62.7 Å². The Morgan fingerprint density at radius 2 is 1.83 bits per heavy atom. The molecule has 29 heavy (non-hydrogen) atoms. The first-order valence-electron chi connectivity index (χ1n) is 8.84. The van der Waals surface area contributed by atoms with Gasteiger partial charge in [0, 0.05) is 15.3 Å². The lowest BCUT2D eigenvalue weighted by Gasteiger charge is -2.12. The Hall–Kier alpha value is -2.97. The number of nitrogens with one attached hydrogen (secondary N) is 2. The highest BCUT2D eigenvalue weighted by Crippen LogP contribution is 2.21. The van der Waals surface area contributed by atoms with Gasteiger partial charge in [0.05, 0.1) is 16.8 Å². The molecule has 150 valence electrons. The maximum atomic E-state index is 12.7. The van der Waals surface area contributed by atoms with Crippen LogP contribution in [-0.2, 0) is 10.0 Å². The standard InChI is InChI=1S/C21H21N3O3S2/c1-14-7-10-20(15(2)11-14)24-29(26,27)19-6-4-5-17(12-19)21(25)23-22-13-18-9-8-16(3)28-18/h4-13,24H,1-3H3,(H,23,25)/b22-13+. The van der Waals surface area contributed by atoms with Crippen molar-refractivity contribution < 1.29 is 13.2 Å². The third-order valence-corrected chi connectivity index (χ3v) is 6.45. The minimum Gasteiger partial charge on any atom is -0.279 e. The second kappa shape index (κ2) is 8.59. The van der Waals surface area contributed by atoms with E-state index in [4.69, 9.17) is 0 Å². The van der Waals surface area contributed by atoms with Crippen molar-refractivity contribution in [3.8, 4) is 0 Å². The van der Waals surface area contributed by atoms with Crippen molar-refractivity contribution in [3.63, 3.8) is 0 Å². The first-order chi connectivity index (χ1) is 13.7. The molecule has 2 N–H and O–H groups in total. The summed E-state index contributed by atoms with van der Waals surface area (Å²) in [6, 6.07) is 15.2. The van der Waals surface area contributed by atoms with Crippen LogP contribution in [0.4, 0.5) is 5.69 Å². The van der Waals surface area contributed by atoms with Crippen molar-refractivity contribution >= 4 is 39.2 Å². The summed E-state index contributed by atoms with van der Waals surface area (Å²) < 4.78 is 28.1. The molecule has 0 spiro atoms. The summed E-state index contributed by atoms with van der Waals surface area (Å²) in [6.07, 6.45) is 1.55. The van der Waals surface area contributed by atoms with Crippen LogP contribution >= 0.6 is 11.3 Å². The minimum absolute atomic E-state index is 0.00276. The molecule has 6 nitrogen and oxygen atoms in total. The van der Waals surface area contributed by atoms with Crippen LogP contribution in [0.5, 0.6) is 0 Å². The Morgan fingerprint density at radius 1 is 1.03 bits per heavy atom. The third kappa shape index (κ3) is 5.30. The lowest BCUT2D eigenvalue weighted by atomic mass is 10.1. The maximum Gasteiger partial charge on any atom is 0.271 e. The predicted molar refractivity (Wildman–Crippen MR) is 117 cm³/mol. The van der Waals surface area contributed by atoms with E-state index in [0.717, 1.165) is 20.9 Å². The number of thiophene rings is 1. The summed E-state index contributed by atoms with van der Waals surface area (Å²) in [6.45, 7) is 5.76. The number of hydrogen-bond donors (Lipinski definition) is 2. The van der Waals surface area contributed by atoms with Crippen LogP contribution in [0.15, 0.2) is 64.6 Å². The molecule has 0 atom stereocenters. The first-order valence-corrected chi connectivity index (χ1v) is 11.1. The number of carbonyl (C=O) groups excluding carboxylic acids is 1. The van der Waals surface area contributed by atoms with Gasteiger partial charge in [-0.2, -0.15) is 5.10 Å². The van der Waals surface area contributed by atoms with Crippen LogP contribution in [0.3, 0.4) is 0 Å². The topological polar surface area (TPSA) is 87.6 Å². The zero-order valence-electron chi connectivity index (χ0n) is 16.3. The van der Waals surface area contributed by atoms with Crippen LogP contribution in [0.1, 0.15) is 31.2 Å². The summed E-state index contributed by atoms with van der Waals surface area (Å²) in [5.74, 6) is -0.488. The second-order valence-corrected chi connectivity index (χ2v) is 9.60. The number of anilines is 1. The number of nitrogens with zero attached hydrogens (tertiary/aromatic N) is 1. The van der Waals surface area contributed by atoms with Crippen molar-refractivity contribution in [2.75, 3.05) is 4.72 Å². The summed E-state index contributed by atoms with van der Waals surface area (Å²) in [7, 11) is -3.83. The summed E-state index contributed by atoms with van der Waals surface area (Å²) in [4.78, 5) is 14.4. The zero-order chi connectivity index (χ0) is 21.0. The van der Waals surface area contributed by atoms with Crippen LogP contribution in [0.25, 0.3) is 0 Å². The molecule has 0 aliphatic carbocycles. The van der Waals surface area contributed by atoms with E-state index < -0.39 is 15.9 Å². The summed E-state index contributed by atoms with van der Waals surface area (Å²) in [5.41, 5.74) is 4.99. The van der Waals surface area contributed by atoms with E-state index in [1.165, 1.54) is 24.3 Å². The molecule has 0 aliphatic rings. The van der Waals surface area contributed by atoms with E-state index in [1.807, 2.05) is 45.0 Å². The molecule has 0 fully saturated rings. The Bertz CT molecular complexity index is 1180. The Labute approximate surface area is 174 Å². The number of rotatable bonds is 6. The predicted octanol–water partition coefficient (Wildman–Crippen LogP) is 4.24. The van der Waals surface area contributed by atoms with Crippen molar-refractivity contribution in [1.29, 1.82) is 0 Å². The number of benzene rings is 2. The number of amides is 1. The van der Waals surface area contributed by atoms with E-state index in [0.29, 0.717) is 5.69 Å². The molecule has 8 heteroatoms. The molecule has 0 aliphatic heterocycles. The number of hydrazone groups is 1. The summed E-state index contributed by atoms with van der Waals surface area (Å²) in [5, 5.41) is 3.93. The molecule has 3 rings (SSSR count). The molecule has 0 saturated heterocycles. The molecule has 0 saturated carbocycles. The fraction of sp³-hybridized carbons (Fsp3) is 0.143. The van der Waals surface area contributed by atoms with Gasteiger partial charge in [0.15, 0.2) is 0 Å².